The molecule has 0 heterocycles. The second kappa shape index (κ2) is 13.2. The van der Waals surface area contributed by atoms with Crippen molar-refractivity contribution in [3.05, 3.63) is 123 Å². The van der Waals surface area contributed by atoms with Gasteiger partial charge in [-0.2, -0.15) is 5.10 Å². The summed E-state index contributed by atoms with van der Waals surface area (Å²) in [7, 11) is -4.11. The van der Waals surface area contributed by atoms with Crippen LogP contribution in [0.4, 0.5) is 11.4 Å². The zero-order valence-electron chi connectivity index (χ0n) is 23.1. The molecule has 0 atom stereocenters. The molecule has 0 aliphatic carbocycles. The number of aryl methyl sites for hydroxylation is 2. The van der Waals surface area contributed by atoms with E-state index < -0.39 is 22.5 Å². The van der Waals surface area contributed by atoms with Crippen LogP contribution in [0, 0.1) is 13.8 Å². The zero-order chi connectivity index (χ0) is 30.4. The first-order valence-corrected chi connectivity index (χ1v) is 15.0. The Morgan fingerprint density at radius 3 is 2.19 bits per heavy atom. The van der Waals surface area contributed by atoms with Crippen molar-refractivity contribution < 1.29 is 18.0 Å². The minimum Gasteiger partial charge on any atom is -0.322 e. The highest BCUT2D eigenvalue weighted by Crippen LogP contribution is 2.26. The number of nitrogens with zero attached hydrogens (tertiary/aromatic N) is 2. The Labute approximate surface area is 255 Å². The lowest BCUT2D eigenvalue weighted by molar-refractivity contribution is -0.119. The molecular weight excluding hydrogens is 595 g/mol. The van der Waals surface area contributed by atoms with Crippen LogP contribution in [-0.4, -0.2) is 32.5 Å². The number of hydrogen-bond acceptors (Lipinski definition) is 5. The number of amides is 2. The maximum atomic E-state index is 13.6. The number of anilines is 2. The van der Waals surface area contributed by atoms with Crippen LogP contribution in [0.1, 0.15) is 34.0 Å². The molecule has 0 saturated carbocycles. The standard InChI is InChI=1S/C31H28Cl2N4O4S/c1-20-10-13-28(16-21(20)2)37(42(40,41)29-14-11-25(32)12-15-29)19-30(38)36-35-22(3)23-6-5-9-27(18-23)34-31(39)24-7-4-8-26(33)17-24/h4-18H,19H2,1-3H3,(H,34,39)(H,36,38)/b35-22-. The lowest BCUT2D eigenvalue weighted by Gasteiger charge is -2.24. The van der Waals surface area contributed by atoms with E-state index in [9.17, 15) is 18.0 Å². The SMILES string of the molecule is C/C(=N/NC(=O)CN(c1ccc(C)c(C)c1)S(=O)(=O)c1ccc(Cl)cc1)c1cccc(NC(=O)c2cccc(Cl)c2)c1. The van der Waals surface area contributed by atoms with E-state index >= 15 is 0 Å². The van der Waals surface area contributed by atoms with E-state index in [1.807, 2.05) is 13.8 Å². The average Bonchev–Trinajstić information content (AvgIpc) is 2.96. The lowest BCUT2D eigenvalue weighted by atomic mass is 10.1. The quantitative estimate of drug-likeness (QED) is 0.162. The van der Waals surface area contributed by atoms with Gasteiger partial charge in [0.25, 0.3) is 21.8 Å². The van der Waals surface area contributed by atoms with Gasteiger partial charge in [-0.05, 0) is 104 Å². The Bertz CT molecular complexity index is 1770. The molecule has 4 aromatic rings. The minimum atomic E-state index is -4.11. The molecule has 0 spiro atoms. The van der Waals surface area contributed by atoms with Gasteiger partial charge in [0.15, 0.2) is 0 Å². The summed E-state index contributed by atoms with van der Waals surface area (Å²) in [6, 6.07) is 24.4. The molecule has 0 aliphatic heterocycles. The molecular formula is C31H28Cl2N4O4S. The van der Waals surface area contributed by atoms with Gasteiger partial charge in [-0.3, -0.25) is 13.9 Å². The van der Waals surface area contributed by atoms with E-state index in [0.717, 1.165) is 15.4 Å². The maximum absolute atomic E-state index is 13.6. The normalized spacial score (nSPS) is 11.6. The Hall–Kier alpha value is -4.18. The van der Waals surface area contributed by atoms with Crippen molar-refractivity contribution in [3.8, 4) is 0 Å². The van der Waals surface area contributed by atoms with Crippen molar-refractivity contribution in [2.75, 3.05) is 16.2 Å². The largest absolute Gasteiger partial charge is 0.322 e. The molecule has 0 unspecified atom stereocenters. The van der Waals surface area contributed by atoms with E-state index in [4.69, 9.17) is 23.2 Å². The molecule has 0 radical (unpaired) electrons. The van der Waals surface area contributed by atoms with Crippen molar-refractivity contribution in [1.29, 1.82) is 0 Å². The third-order valence-corrected chi connectivity index (χ3v) is 8.72. The molecule has 0 fully saturated rings. The maximum Gasteiger partial charge on any atom is 0.264 e. The molecule has 8 nitrogen and oxygen atoms in total. The first kappa shape index (κ1) is 30.8. The topological polar surface area (TPSA) is 108 Å². The number of carbonyl (C=O) groups excluding carboxylic acids is 2. The molecule has 216 valence electrons. The molecule has 42 heavy (non-hydrogen) atoms. The summed E-state index contributed by atoms with van der Waals surface area (Å²) in [5.41, 5.74) is 6.67. The first-order chi connectivity index (χ1) is 19.9. The summed E-state index contributed by atoms with van der Waals surface area (Å²) < 4.78 is 28.3. The van der Waals surface area contributed by atoms with Gasteiger partial charge >= 0.3 is 0 Å². The molecule has 2 amide bonds. The number of benzene rings is 4. The predicted molar refractivity (Wildman–Crippen MR) is 168 cm³/mol. The summed E-state index contributed by atoms with van der Waals surface area (Å²) in [5, 5.41) is 7.83. The van der Waals surface area contributed by atoms with E-state index in [-0.39, 0.29) is 10.8 Å². The van der Waals surface area contributed by atoms with Crippen LogP contribution in [0.3, 0.4) is 0 Å². The van der Waals surface area contributed by atoms with Crippen LogP contribution < -0.4 is 15.0 Å². The fraction of sp³-hybridized carbons (Fsp3) is 0.129. The average molecular weight is 624 g/mol. The van der Waals surface area contributed by atoms with Gasteiger partial charge in [0.1, 0.15) is 6.54 Å². The van der Waals surface area contributed by atoms with Gasteiger partial charge in [-0.1, -0.05) is 47.5 Å². The minimum absolute atomic E-state index is 0.00533. The Balaban J connectivity index is 1.52. The third-order valence-electron chi connectivity index (χ3n) is 6.44. The highest BCUT2D eigenvalue weighted by Gasteiger charge is 2.27. The summed E-state index contributed by atoms with van der Waals surface area (Å²) in [6.07, 6.45) is 0. The van der Waals surface area contributed by atoms with Crippen LogP contribution in [-0.2, 0) is 14.8 Å². The van der Waals surface area contributed by atoms with Crippen LogP contribution in [0.25, 0.3) is 0 Å². The van der Waals surface area contributed by atoms with Gasteiger partial charge in [0.05, 0.1) is 16.3 Å². The van der Waals surface area contributed by atoms with E-state index in [2.05, 4.69) is 15.8 Å². The zero-order valence-corrected chi connectivity index (χ0v) is 25.4. The molecule has 0 saturated heterocycles. The number of hydrogen-bond donors (Lipinski definition) is 2. The summed E-state index contributed by atoms with van der Waals surface area (Å²) in [4.78, 5) is 25.6. The molecule has 11 heteroatoms. The van der Waals surface area contributed by atoms with Crippen molar-refractivity contribution in [3.63, 3.8) is 0 Å². The third kappa shape index (κ3) is 7.55. The number of nitrogens with one attached hydrogen (secondary N) is 2. The van der Waals surface area contributed by atoms with Gasteiger partial charge < -0.3 is 5.32 Å². The lowest BCUT2D eigenvalue weighted by Crippen LogP contribution is -2.39. The predicted octanol–water partition coefficient (Wildman–Crippen LogP) is 6.60. The number of carbonyl (C=O) groups is 2. The molecule has 0 aliphatic rings. The van der Waals surface area contributed by atoms with Crippen molar-refractivity contribution >= 4 is 62.1 Å². The highest BCUT2D eigenvalue weighted by molar-refractivity contribution is 7.92. The van der Waals surface area contributed by atoms with E-state index in [0.29, 0.717) is 38.3 Å². The van der Waals surface area contributed by atoms with E-state index in [1.54, 1.807) is 73.7 Å². The molecule has 4 rings (SSSR count). The first-order valence-electron chi connectivity index (χ1n) is 12.8. The van der Waals surface area contributed by atoms with Gasteiger partial charge in [-0.15, -0.1) is 0 Å². The van der Waals surface area contributed by atoms with Crippen LogP contribution >= 0.6 is 23.2 Å². The molecule has 2 N–H and O–H groups in total. The fourth-order valence-electron chi connectivity index (χ4n) is 3.96. The van der Waals surface area contributed by atoms with E-state index in [1.165, 1.54) is 24.3 Å². The Morgan fingerprint density at radius 2 is 1.50 bits per heavy atom. The van der Waals surface area contributed by atoms with Gasteiger partial charge in [0, 0.05) is 21.3 Å². The second-order valence-corrected chi connectivity index (χ2v) is 12.2. The Kier molecular flexibility index (Phi) is 9.67. The number of hydrazone groups is 1. The van der Waals surface area contributed by atoms with Gasteiger partial charge in [0.2, 0.25) is 0 Å². The Morgan fingerprint density at radius 1 is 0.810 bits per heavy atom. The fourth-order valence-corrected chi connectivity index (χ4v) is 5.69. The second-order valence-electron chi connectivity index (χ2n) is 9.51. The smallest absolute Gasteiger partial charge is 0.264 e. The van der Waals surface area contributed by atoms with Crippen LogP contribution in [0.15, 0.2) is 101 Å². The van der Waals surface area contributed by atoms with Gasteiger partial charge in [-0.25, -0.2) is 13.8 Å². The van der Waals surface area contributed by atoms with Crippen LogP contribution in [0.5, 0.6) is 0 Å². The number of rotatable bonds is 9. The summed E-state index contributed by atoms with van der Waals surface area (Å²) in [5.74, 6) is -0.971. The molecule has 4 aromatic carbocycles. The summed E-state index contributed by atoms with van der Waals surface area (Å²) in [6.45, 7) is 4.95. The van der Waals surface area contributed by atoms with Crippen molar-refractivity contribution in [2.45, 2.75) is 25.7 Å². The highest BCUT2D eigenvalue weighted by atomic mass is 35.5. The number of sulfonamides is 1. The monoisotopic (exact) mass is 622 g/mol. The van der Waals surface area contributed by atoms with Crippen molar-refractivity contribution in [2.24, 2.45) is 5.10 Å². The molecule has 0 bridgehead atoms. The van der Waals surface area contributed by atoms with Crippen molar-refractivity contribution in [1.82, 2.24) is 5.43 Å². The summed E-state index contributed by atoms with van der Waals surface area (Å²) >= 11 is 11.9. The molecule has 0 aromatic heterocycles. The number of halogens is 2. The van der Waals surface area contributed by atoms with Crippen LogP contribution in [0.2, 0.25) is 10.0 Å².